The first-order chi connectivity index (χ1) is 13.4. The zero-order valence-corrected chi connectivity index (χ0v) is 16.8. The van der Waals surface area contributed by atoms with Crippen molar-refractivity contribution in [2.45, 2.75) is 20.4 Å². The van der Waals surface area contributed by atoms with E-state index in [1.54, 1.807) is 17.9 Å². The first kappa shape index (κ1) is 19.6. The molecule has 0 saturated heterocycles. The van der Waals surface area contributed by atoms with Crippen LogP contribution in [0.2, 0.25) is 5.02 Å². The zero-order chi connectivity index (χ0) is 20.3. The fraction of sp³-hybridized carbons (Fsp3) is 0.263. The highest BCUT2D eigenvalue weighted by Gasteiger charge is 2.14. The van der Waals surface area contributed by atoms with Crippen molar-refractivity contribution < 1.29 is 9.53 Å². The number of carbonyl (C=O) groups is 1. The van der Waals surface area contributed by atoms with Crippen LogP contribution >= 0.6 is 11.6 Å². The molecule has 8 nitrogen and oxygen atoms in total. The molecule has 0 saturated carbocycles. The summed E-state index contributed by atoms with van der Waals surface area (Å²) in [6, 6.07) is 5.52. The molecule has 3 aromatic rings. The number of rotatable bonds is 6. The molecule has 1 amide bonds. The fourth-order valence-corrected chi connectivity index (χ4v) is 2.96. The van der Waals surface area contributed by atoms with Crippen LogP contribution in [-0.4, -0.2) is 32.8 Å². The standard InChI is InChI=1S/C19H21ClN6O2/c1-11-17(12(2)26(3)25-11)24-18(27)14-9-22-19(23-10-14)21-8-13-5-6-16(28-4)15(20)7-13/h5-7,9-10H,8H2,1-4H3,(H,24,27)(H,21,22,23). The number of hydrogen-bond donors (Lipinski definition) is 2. The molecule has 1 aromatic carbocycles. The van der Waals surface area contributed by atoms with E-state index in [9.17, 15) is 4.79 Å². The number of carbonyl (C=O) groups excluding carboxylic acids is 1. The second kappa shape index (κ2) is 8.26. The molecule has 0 radical (unpaired) electrons. The Morgan fingerprint density at radius 2 is 1.96 bits per heavy atom. The molecule has 28 heavy (non-hydrogen) atoms. The molecule has 0 unspecified atom stereocenters. The lowest BCUT2D eigenvalue weighted by atomic mass is 10.2. The summed E-state index contributed by atoms with van der Waals surface area (Å²) in [5.41, 5.74) is 3.65. The minimum absolute atomic E-state index is 0.285. The van der Waals surface area contributed by atoms with Gasteiger partial charge in [0.05, 0.1) is 34.8 Å². The Kier molecular flexibility index (Phi) is 5.79. The van der Waals surface area contributed by atoms with Crippen LogP contribution in [0.25, 0.3) is 0 Å². The van der Waals surface area contributed by atoms with Crippen molar-refractivity contribution in [3.05, 3.63) is 58.1 Å². The molecule has 9 heteroatoms. The van der Waals surface area contributed by atoms with Gasteiger partial charge in [-0.05, 0) is 31.5 Å². The van der Waals surface area contributed by atoms with Crippen molar-refractivity contribution in [1.82, 2.24) is 19.7 Å². The number of amides is 1. The van der Waals surface area contributed by atoms with Crippen LogP contribution in [-0.2, 0) is 13.6 Å². The van der Waals surface area contributed by atoms with Gasteiger partial charge in [0.1, 0.15) is 5.75 Å². The third kappa shape index (κ3) is 4.23. The summed E-state index contributed by atoms with van der Waals surface area (Å²) in [5.74, 6) is 0.751. The molecule has 0 aliphatic rings. The molecule has 2 aromatic heterocycles. The Labute approximate surface area is 167 Å². The van der Waals surface area contributed by atoms with E-state index >= 15 is 0 Å². The first-order valence-electron chi connectivity index (χ1n) is 8.59. The molecule has 2 heterocycles. The minimum Gasteiger partial charge on any atom is -0.495 e. The normalized spacial score (nSPS) is 10.6. The smallest absolute Gasteiger partial charge is 0.258 e. The van der Waals surface area contributed by atoms with Crippen molar-refractivity contribution in [3.63, 3.8) is 0 Å². The van der Waals surface area contributed by atoms with Crippen molar-refractivity contribution in [2.24, 2.45) is 7.05 Å². The molecule has 3 rings (SSSR count). The number of halogens is 1. The van der Waals surface area contributed by atoms with E-state index in [4.69, 9.17) is 16.3 Å². The molecule has 146 valence electrons. The monoisotopic (exact) mass is 400 g/mol. The molecular formula is C19H21ClN6O2. The van der Waals surface area contributed by atoms with Crippen LogP contribution in [0.3, 0.4) is 0 Å². The van der Waals surface area contributed by atoms with Gasteiger partial charge < -0.3 is 15.4 Å². The van der Waals surface area contributed by atoms with Crippen molar-refractivity contribution in [1.29, 1.82) is 0 Å². The molecule has 0 fully saturated rings. The Bertz CT molecular complexity index is 1000. The van der Waals surface area contributed by atoms with Gasteiger partial charge in [0.2, 0.25) is 5.95 Å². The summed E-state index contributed by atoms with van der Waals surface area (Å²) in [7, 11) is 3.40. The van der Waals surface area contributed by atoms with Gasteiger partial charge in [-0.15, -0.1) is 0 Å². The number of nitrogens with zero attached hydrogens (tertiary/aromatic N) is 4. The summed E-state index contributed by atoms with van der Waals surface area (Å²) in [4.78, 5) is 20.8. The molecule has 0 bridgehead atoms. The number of hydrogen-bond acceptors (Lipinski definition) is 6. The zero-order valence-electron chi connectivity index (χ0n) is 16.1. The van der Waals surface area contributed by atoms with E-state index in [0.717, 1.165) is 17.0 Å². The molecule has 0 aliphatic carbocycles. The Morgan fingerprint density at radius 3 is 2.54 bits per heavy atom. The third-order valence-corrected chi connectivity index (χ3v) is 4.62. The maximum Gasteiger partial charge on any atom is 0.258 e. The van der Waals surface area contributed by atoms with Crippen LogP contribution in [0.15, 0.2) is 30.6 Å². The van der Waals surface area contributed by atoms with E-state index in [2.05, 4.69) is 25.7 Å². The highest BCUT2D eigenvalue weighted by Crippen LogP contribution is 2.25. The van der Waals surface area contributed by atoms with Gasteiger partial charge in [0.15, 0.2) is 0 Å². The number of anilines is 2. The molecule has 0 aliphatic heterocycles. The van der Waals surface area contributed by atoms with Gasteiger partial charge in [-0.3, -0.25) is 9.48 Å². The second-order valence-corrected chi connectivity index (χ2v) is 6.65. The maximum absolute atomic E-state index is 12.4. The quantitative estimate of drug-likeness (QED) is 0.659. The summed E-state index contributed by atoms with van der Waals surface area (Å²) < 4.78 is 6.86. The number of ether oxygens (including phenoxy) is 1. The average Bonchev–Trinajstić information content (AvgIpc) is 2.93. The molecule has 0 spiro atoms. The summed E-state index contributed by atoms with van der Waals surface area (Å²) >= 11 is 6.12. The second-order valence-electron chi connectivity index (χ2n) is 6.24. The Hall–Kier alpha value is -3.13. The van der Waals surface area contributed by atoms with Crippen LogP contribution in [0.1, 0.15) is 27.3 Å². The summed E-state index contributed by atoms with van der Waals surface area (Å²) in [6.07, 6.45) is 2.96. The predicted molar refractivity (Wildman–Crippen MR) is 108 cm³/mol. The van der Waals surface area contributed by atoms with Gasteiger partial charge in [-0.2, -0.15) is 5.10 Å². The fourth-order valence-electron chi connectivity index (χ4n) is 2.68. The topological polar surface area (TPSA) is 94.0 Å². The van der Waals surface area contributed by atoms with Gasteiger partial charge in [0.25, 0.3) is 5.91 Å². The first-order valence-corrected chi connectivity index (χ1v) is 8.96. The lowest BCUT2D eigenvalue weighted by Gasteiger charge is -2.08. The lowest BCUT2D eigenvalue weighted by Crippen LogP contribution is -2.14. The van der Waals surface area contributed by atoms with Gasteiger partial charge >= 0.3 is 0 Å². The van der Waals surface area contributed by atoms with Crippen LogP contribution in [0.4, 0.5) is 11.6 Å². The number of methoxy groups -OCH3 is 1. The predicted octanol–water partition coefficient (Wildman–Crippen LogP) is 3.35. The molecule has 2 N–H and O–H groups in total. The number of aromatic nitrogens is 4. The van der Waals surface area contributed by atoms with E-state index in [-0.39, 0.29) is 5.91 Å². The van der Waals surface area contributed by atoms with E-state index in [1.807, 2.05) is 33.0 Å². The highest BCUT2D eigenvalue weighted by atomic mass is 35.5. The Morgan fingerprint density at radius 1 is 1.25 bits per heavy atom. The van der Waals surface area contributed by atoms with E-state index in [1.165, 1.54) is 12.4 Å². The summed E-state index contributed by atoms with van der Waals surface area (Å²) in [5, 5.41) is 10.8. The van der Waals surface area contributed by atoms with Crippen LogP contribution in [0.5, 0.6) is 5.75 Å². The van der Waals surface area contributed by atoms with Crippen molar-refractivity contribution >= 4 is 29.1 Å². The van der Waals surface area contributed by atoms with Crippen LogP contribution in [0, 0.1) is 13.8 Å². The average molecular weight is 401 g/mol. The number of aryl methyl sites for hydroxylation is 2. The third-order valence-electron chi connectivity index (χ3n) is 4.33. The molecular weight excluding hydrogens is 380 g/mol. The van der Waals surface area contributed by atoms with E-state index in [0.29, 0.717) is 34.5 Å². The largest absolute Gasteiger partial charge is 0.495 e. The SMILES string of the molecule is COc1ccc(CNc2ncc(C(=O)Nc3c(C)nn(C)c3C)cn2)cc1Cl. The van der Waals surface area contributed by atoms with Gasteiger partial charge in [-0.1, -0.05) is 17.7 Å². The number of nitrogens with one attached hydrogen (secondary N) is 2. The maximum atomic E-state index is 12.4. The highest BCUT2D eigenvalue weighted by molar-refractivity contribution is 6.32. The molecule has 0 atom stereocenters. The van der Waals surface area contributed by atoms with Crippen LogP contribution < -0.4 is 15.4 Å². The summed E-state index contributed by atoms with van der Waals surface area (Å²) in [6.45, 7) is 4.23. The van der Waals surface area contributed by atoms with Gasteiger partial charge in [0, 0.05) is 26.0 Å². The van der Waals surface area contributed by atoms with Crippen molar-refractivity contribution in [3.8, 4) is 5.75 Å². The number of benzene rings is 1. The van der Waals surface area contributed by atoms with Gasteiger partial charge in [-0.25, -0.2) is 9.97 Å². The van der Waals surface area contributed by atoms with E-state index < -0.39 is 0 Å². The Balaban J connectivity index is 1.63. The minimum atomic E-state index is -0.285. The lowest BCUT2D eigenvalue weighted by molar-refractivity contribution is 0.102. The van der Waals surface area contributed by atoms with Crippen molar-refractivity contribution in [2.75, 3.05) is 17.7 Å².